The zero-order valence-corrected chi connectivity index (χ0v) is 12.8. The van der Waals surface area contributed by atoms with Crippen LogP contribution in [0.3, 0.4) is 0 Å². The van der Waals surface area contributed by atoms with Gasteiger partial charge in [-0.3, -0.25) is 4.79 Å². The van der Waals surface area contributed by atoms with Gasteiger partial charge in [-0.2, -0.15) is 4.99 Å². The molecule has 0 radical (unpaired) electrons. The minimum absolute atomic E-state index is 0.306. The number of halogens is 1. The molecule has 0 aliphatic heterocycles. The Morgan fingerprint density at radius 1 is 1.35 bits per heavy atom. The SMILES string of the molecule is COc1cc(C(=O)N=c2sccn2C)cc(Cl)c1OC. The molecule has 0 atom stereocenters. The largest absolute Gasteiger partial charge is 0.493 e. The van der Waals surface area contributed by atoms with Crippen molar-refractivity contribution in [1.29, 1.82) is 0 Å². The maximum absolute atomic E-state index is 12.2. The van der Waals surface area contributed by atoms with Crippen LogP contribution in [-0.4, -0.2) is 24.7 Å². The van der Waals surface area contributed by atoms with Gasteiger partial charge < -0.3 is 14.0 Å². The number of carbonyl (C=O) groups is 1. The zero-order chi connectivity index (χ0) is 14.7. The maximum atomic E-state index is 12.2. The molecule has 1 aromatic heterocycles. The molecular formula is C13H13ClN2O3S. The molecule has 2 aromatic rings. The summed E-state index contributed by atoms with van der Waals surface area (Å²) in [5.41, 5.74) is 0.348. The lowest BCUT2D eigenvalue weighted by molar-refractivity contribution is 0.0997. The van der Waals surface area contributed by atoms with E-state index < -0.39 is 0 Å². The molecular weight excluding hydrogens is 300 g/mol. The molecule has 20 heavy (non-hydrogen) atoms. The smallest absolute Gasteiger partial charge is 0.279 e. The molecule has 1 amide bonds. The van der Waals surface area contributed by atoms with Crippen LogP contribution in [-0.2, 0) is 7.05 Å². The Hall–Kier alpha value is -1.79. The fourth-order valence-corrected chi connectivity index (χ4v) is 2.64. The van der Waals surface area contributed by atoms with Crippen molar-refractivity contribution in [1.82, 2.24) is 4.57 Å². The Morgan fingerprint density at radius 2 is 2.10 bits per heavy atom. The Balaban J connectivity index is 2.46. The molecule has 7 heteroatoms. The van der Waals surface area contributed by atoms with Crippen molar-refractivity contribution in [2.45, 2.75) is 0 Å². The topological polar surface area (TPSA) is 52.8 Å². The first-order chi connectivity index (χ1) is 9.56. The highest BCUT2D eigenvalue weighted by Gasteiger charge is 2.14. The number of aryl methyl sites for hydroxylation is 1. The van der Waals surface area contributed by atoms with Gasteiger partial charge >= 0.3 is 0 Å². The van der Waals surface area contributed by atoms with E-state index in [-0.39, 0.29) is 5.91 Å². The van der Waals surface area contributed by atoms with E-state index in [0.717, 1.165) is 0 Å². The average molecular weight is 313 g/mol. The highest BCUT2D eigenvalue weighted by molar-refractivity contribution is 7.07. The van der Waals surface area contributed by atoms with E-state index in [0.29, 0.717) is 26.9 Å². The molecule has 1 heterocycles. The number of benzene rings is 1. The van der Waals surface area contributed by atoms with E-state index in [1.807, 2.05) is 18.6 Å². The Kier molecular flexibility index (Phi) is 4.46. The van der Waals surface area contributed by atoms with E-state index in [2.05, 4.69) is 4.99 Å². The normalized spacial score (nSPS) is 11.5. The van der Waals surface area contributed by atoms with Crippen molar-refractivity contribution in [3.8, 4) is 11.5 Å². The first-order valence-electron chi connectivity index (χ1n) is 5.67. The van der Waals surface area contributed by atoms with Gasteiger partial charge in [0, 0.05) is 24.2 Å². The van der Waals surface area contributed by atoms with E-state index in [9.17, 15) is 4.79 Å². The fraction of sp³-hybridized carbons (Fsp3) is 0.231. The van der Waals surface area contributed by atoms with Gasteiger partial charge in [0.2, 0.25) is 0 Å². The molecule has 0 aliphatic rings. The van der Waals surface area contributed by atoms with Crippen LogP contribution in [0, 0.1) is 0 Å². The second kappa shape index (κ2) is 6.11. The Labute approximate surface area is 125 Å². The summed E-state index contributed by atoms with van der Waals surface area (Å²) in [4.78, 5) is 16.8. The van der Waals surface area contributed by atoms with E-state index in [4.69, 9.17) is 21.1 Å². The summed E-state index contributed by atoms with van der Waals surface area (Å²) in [6, 6.07) is 3.08. The number of nitrogens with zero attached hydrogens (tertiary/aromatic N) is 2. The predicted octanol–water partition coefficient (Wildman–Crippen LogP) is 2.50. The molecule has 1 aromatic carbocycles. The number of carbonyl (C=O) groups excluding carboxylic acids is 1. The lowest BCUT2D eigenvalue weighted by Gasteiger charge is -2.10. The Morgan fingerprint density at radius 3 is 2.65 bits per heavy atom. The highest BCUT2D eigenvalue weighted by Crippen LogP contribution is 2.36. The molecule has 0 saturated heterocycles. The van der Waals surface area contributed by atoms with Crippen LogP contribution in [0.25, 0.3) is 0 Å². The second-order valence-corrected chi connectivity index (χ2v) is 5.19. The quantitative estimate of drug-likeness (QED) is 0.875. The molecule has 0 saturated carbocycles. The summed E-state index contributed by atoms with van der Waals surface area (Å²) in [5, 5.41) is 2.16. The van der Waals surface area contributed by atoms with Gasteiger partial charge in [-0.15, -0.1) is 11.3 Å². The van der Waals surface area contributed by atoms with Crippen molar-refractivity contribution in [2.24, 2.45) is 12.0 Å². The number of aromatic nitrogens is 1. The molecule has 0 bridgehead atoms. The number of rotatable bonds is 3. The minimum Gasteiger partial charge on any atom is -0.493 e. The third-order valence-corrected chi connectivity index (χ3v) is 3.77. The average Bonchev–Trinajstić information content (AvgIpc) is 2.83. The van der Waals surface area contributed by atoms with Crippen molar-refractivity contribution in [2.75, 3.05) is 14.2 Å². The predicted molar refractivity (Wildman–Crippen MR) is 77.7 cm³/mol. The molecule has 0 unspecified atom stereocenters. The van der Waals surface area contributed by atoms with Crippen LogP contribution < -0.4 is 14.3 Å². The number of thiazole rings is 1. The van der Waals surface area contributed by atoms with Gasteiger partial charge in [0.15, 0.2) is 16.3 Å². The van der Waals surface area contributed by atoms with Crippen molar-refractivity contribution in [3.05, 3.63) is 39.1 Å². The van der Waals surface area contributed by atoms with Crippen LogP contribution >= 0.6 is 22.9 Å². The Bertz CT molecular complexity index is 706. The molecule has 0 aliphatic carbocycles. The molecule has 5 nitrogen and oxygen atoms in total. The first-order valence-corrected chi connectivity index (χ1v) is 6.93. The van der Waals surface area contributed by atoms with E-state index in [1.54, 1.807) is 10.6 Å². The van der Waals surface area contributed by atoms with Crippen LogP contribution in [0.5, 0.6) is 11.5 Å². The number of hydrogen-bond acceptors (Lipinski definition) is 4. The molecule has 0 N–H and O–H groups in total. The zero-order valence-electron chi connectivity index (χ0n) is 11.2. The van der Waals surface area contributed by atoms with Crippen LogP contribution in [0.2, 0.25) is 5.02 Å². The lowest BCUT2D eigenvalue weighted by atomic mass is 10.2. The molecule has 0 spiro atoms. The van der Waals surface area contributed by atoms with Crippen molar-refractivity contribution < 1.29 is 14.3 Å². The number of ether oxygens (including phenoxy) is 2. The van der Waals surface area contributed by atoms with Crippen molar-refractivity contribution >= 4 is 28.8 Å². The first kappa shape index (κ1) is 14.6. The molecule has 2 rings (SSSR count). The van der Waals surface area contributed by atoms with Crippen LogP contribution in [0.1, 0.15) is 10.4 Å². The van der Waals surface area contributed by atoms with Gasteiger partial charge in [-0.05, 0) is 12.1 Å². The van der Waals surface area contributed by atoms with Gasteiger partial charge in [0.1, 0.15) is 0 Å². The van der Waals surface area contributed by atoms with Gasteiger partial charge in [-0.1, -0.05) is 11.6 Å². The summed E-state index contributed by atoms with van der Waals surface area (Å²) in [7, 11) is 4.80. The lowest BCUT2D eigenvalue weighted by Crippen LogP contribution is -2.12. The molecule has 0 fully saturated rings. The van der Waals surface area contributed by atoms with Crippen LogP contribution in [0.4, 0.5) is 0 Å². The van der Waals surface area contributed by atoms with Crippen LogP contribution in [0.15, 0.2) is 28.7 Å². The number of methoxy groups -OCH3 is 2. The summed E-state index contributed by atoms with van der Waals surface area (Å²) in [6.45, 7) is 0. The summed E-state index contributed by atoms with van der Waals surface area (Å²) >= 11 is 7.45. The maximum Gasteiger partial charge on any atom is 0.279 e. The summed E-state index contributed by atoms with van der Waals surface area (Å²) < 4.78 is 12.1. The summed E-state index contributed by atoms with van der Waals surface area (Å²) in [5.74, 6) is 0.410. The van der Waals surface area contributed by atoms with Gasteiger partial charge in [0.05, 0.1) is 19.2 Å². The van der Waals surface area contributed by atoms with E-state index >= 15 is 0 Å². The van der Waals surface area contributed by atoms with Crippen molar-refractivity contribution in [3.63, 3.8) is 0 Å². The number of hydrogen-bond donors (Lipinski definition) is 0. The van der Waals surface area contributed by atoms with Gasteiger partial charge in [-0.25, -0.2) is 0 Å². The number of amides is 1. The van der Waals surface area contributed by atoms with Gasteiger partial charge in [0.25, 0.3) is 5.91 Å². The van der Waals surface area contributed by atoms with E-state index in [1.165, 1.54) is 31.6 Å². The third-order valence-electron chi connectivity index (χ3n) is 2.64. The highest BCUT2D eigenvalue weighted by atomic mass is 35.5. The second-order valence-electron chi connectivity index (χ2n) is 3.91. The monoisotopic (exact) mass is 312 g/mol. The third kappa shape index (κ3) is 2.86. The summed E-state index contributed by atoms with van der Waals surface area (Å²) in [6.07, 6.45) is 1.83. The molecule has 106 valence electrons. The minimum atomic E-state index is -0.383. The fourth-order valence-electron chi connectivity index (χ4n) is 1.63. The standard InChI is InChI=1S/C13H13ClN2O3S/c1-16-4-5-20-13(16)15-12(17)8-6-9(14)11(19-3)10(7-8)18-2/h4-7H,1-3H3.